The molecule has 1 aromatic rings. The first-order valence-corrected chi connectivity index (χ1v) is 9.71. The van der Waals surface area contributed by atoms with Gasteiger partial charge in [0.2, 0.25) is 0 Å². The van der Waals surface area contributed by atoms with Crippen LogP contribution in [0.2, 0.25) is 0 Å². The van der Waals surface area contributed by atoms with Crippen LogP contribution in [0.15, 0.2) is 20.8 Å². The molecule has 2 aliphatic rings. The monoisotopic (exact) mass is 372 g/mol. The molecule has 0 unspecified atom stereocenters. The summed E-state index contributed by atoms with van der Waals surface area (Å²) < 4.78 is 5.41. The van der Waals surface area contributed by atoms with Gasteiger partial charge in [-0.1, -0.05) is 19.0 Å². The van der Waals surface area contributed by atoms with Gasteiger partial charge in [-0.25, -0.2) is 0 Å². The Morgan fingerprint density at radius 1 is 1.22 bits per heavy atom. The molecule has 0 aliphatic heterocycles. The Kier molecular flexibility index (Phi) is 5.36. The van der Waals surface area contributed by atoms with Gasteiger partial charge in [0, 0.05) is 43.9 Å². The van der Waals surface area contributed by atoms with Crippen molar-refractivity contribution in [2.75, 3.05) is 0 Å². The Morgan fingerprint density at radius 3 is 2.67 bits per heavy atom. The number of nitrogens with zero attached hydrogens (tertiary/aromatic N) is 2. The molecule has 1 N–H and O–H groups in total. The van der Waals surface area contributed by atoms with Gasteiger partial charge in [0.05, 0.1) is 16.8 Å². The van der Waals surface area contributed by atoms with Gasteiger partial charge >= 0.3 is 0 Å². The smallest absolute Gasteiger partial charge is 0.168 e. The van der Waals surface area contributed by atoms with Crippen LogP contribution in [0.1, 0.15) is 81.6 Å². The molecule has 0 saturated heterocycles. The van der Waals surface area contributed by atoms with E-state index in [9.17, 15) is 14.7 Å². The van der Waals surface area contributed by atoms with E-state index in [1.54, 1.807) is 0 Å². The second-order valence-electron chi connectivity index (χ2n) is 8.64. The van der Waals surface area contributed by atoms with Crippen LogP contribution in [0.4, 0.5) is 0 Å². The van der Waals surface area contributed by atoms with E-state index in [0.29, 0.717) is 60.4 Å². The lowest BCUT2D eigenvalue weighted by Crippen LogP contribution is -2.26. The van der Waals surface area contributed by atoms with Crippen molar-refractivity contribution in [2.24, 2.45) is 10.4 Å². The average Bonchev–Trinajstić information content (AvgIpc) is 2.94. The van der Waals surface area contributed by atoms with E-state index in [-0.39, 0.29) is 35.2 Å². The van der Waals surface area contributed by atoms with Gasteiger partial charge in [-0.3, -0.25) is 14.6 Å². The lowest BCUT2D eigenvalue weighted by molar-refractivity contribution is -0.115. The van der Waals surface area contributed by atoms with Crippen molar-refractivity contribution < 1.29 is 19.2 Å². The maximum atomic E-state index is 12.5. The Labute approximate surface area is 159 Å². The number of rotatable bonds is 4. The second-order valence-corrected chi connectivity index (χ2v) is 8.64. The van der Waals surface area contributed by atoms with E-state index in [4.69, 9.17) is 4.52 Å². The maximum Gasteiger partial charge on any atom is 0.168 e. The number of allylic oxidation sites excluding steroid dienone is 2. The number of aryl methyl sites for hydroxylation is 1. The number of Topliss-reactive ketones (excluding diaryl/α,β-unsaturated/α-hetero) is 2. The van der Waals surface area contributed by atoms with Crippen molar-refractivity contribution in [1.29, 1.82) is 0 Å². The van der Waals surface area contributed by atoms with Gasteiger partial charge in [0.25, 0.3) is 0 Å². The van der Waals surface area contributed by atoms with Gasteiger partial charge in [-0.15, -0.1) is 0 Å². The minimum atomic E-state index is -0.123. The minimum absolute atomic E-state index is 0.0411. The van der Waals surface area contributed by atoms with Crippen molar-refractivity contribution in [1.82, 2.24) is 5.16 Å². The van der Waals surface area contributed by atoms with E-state index in [1.165, 1.54) is 0 Å². The van der Waals surface area contributed by atoms with E-state index in [2.05, 4.69) is 10.1 Å². The van der Waals surface area contributed by atoms with Gasteiger partial charge in [-0.05, 0) is 32.1 Å². The highest BCUT2D eigenvalue weighted by Gasteiger charge is 2.36. The normalized spacial score (nSPS) is 23.1. The van der Waals surface area contributed by atoms with Gasteiger partial charge in [-0.2, -0.15) is 0 Å². The number of ketones is 2. The Hall–Kier alpha value is -2.24. The third-order valence-electron chi connectivity index (χ3n) is 5.08. The lowest BCUT2D eigenvalue weighted by atomic mass is 9.76. The fourth-order valence-corrected chi connectivity index (χ4v) is 3.95. The number of hydrogen-bond donors (Lipinski definition) is 1. The molecule has 1 saturated carbocycles. The second kappa shape index (κ2) is 7.41. The summed E-state index contributed by atoms with van der Waals surface area (Å²) >= 11 is 0. The predicted molar refractivity (Wildman–Crippen MR) is 102 cm³/mol. The van der Waals surface area contributed by atoms with Crippen molar-refractivity contribution >= 4 is 17.3 Å². The summed E-state index contributed by atoms with van der Waals surface area (Å²) in [6, 6.07) is 0.0669. The van der Waals surface area contributed by atoms with Crippen LogP contribution in [0, 0.1) is 5.41 Å². The maximum absolute atomic E-state index is 12.5. The predicted octanol–water partition coefficient (Wildman–Crippen LogP) is 4.18. The highest BCUT2D eigenvalue weighted by atomic mass is 16.5. The number of aliphatic imine (C=N–C) groups is 1. The summed E-state index contributed by atoms with van der Waals surface area (Å²) in [6.45, 7) is 7.98. The molecule has 0 radical (unpaired) electrons. The van der Waals surface area contributed by atoms with E-state index in [1.807, 2.05) is 27.7 Å². The first-order valence-electron chi connectivity index (χ1n) is 9.71. The van der Waals surface area contributed by atoms with Crippen molar-refractivity contribution in [3.8, 4) is 0 Å². The van der Waals surface area contributed by atoms with E-state index in [0.717, 1.165) is 6.42 Å². The van der Waals surface area contributed by atoms with Crippen LogP contribution in [-0.2, 0) is 17.6 Å². The molecule has 2 aliphatic carbocycles. The Morgan fingerprint density at radius 2 is 1.96 bits per heavy atom. The zero-order valence-corrected chi connectivity index (χ0v) is 16.6. The first-order chi connectivity index (χ1) is 12.7. The third-order valence-corrected chi connectivity index (χ3v) is 5.08. The quantitative estimate of drug-likeness (QED) is 0.632. The molecule has 6 heteroatoms. The molecule has 3 rings (SSSR count). The fourth-order valence-electron chi connectivity index (χ4n) is 3.95. The molecule has 0 atom stereocenters. The van der Waals surface area contributed by atoms with Crippen molar-refractivity contribution in [3.05, 3.63) is 28.3 Å². The molecule has 0 bridgehead atoms. The fraction of sp³-hybridized carbons (Fsp3) is 0.619. The number of carbonyl (C=O) groups excluding carboxylic acids is 2. The number of aromatic nitrogens is 1. The molecule has 0 aromatic carbocycles. The molecular weight excluding hydrogens is 344 g/mol. The average molecular weight is 372 g/mol. The molecule has 146 valence electrons. The number of fused-ring (bicyclic) bond motifs is 1. The largest absolute Gasteiger partial charge is 0.511 e. The third kappa shape index (κ3) is 4.20. The SMILES string of the molecule is CC(C)N=C1CCCC(=O)/C1=C(\O)CCc1noc2c1C(=O)CC(C)(C)C2. The van der Waals surface area contributed by atoms with Crippen molar-refractivity contribution in [3.63, 3.8) is 0 Å². The van der Waals surface area contributed by atoms with Crippen LogP contribution < -0.4 is 0 Å². The van der Waals surface area contributed by atoms with Crippen LogP contribution in [0.25, 0.3) is 0 Å². The lowest BCUT2D eigenvalue weighted by Gasteiger charge is -2.26. The van der Waals surface area contributed by atoms with Crippen molar-refractivity contribution in [2.45, 2.75) is 78.7 Å². The Balaban J connectivity index is 1.82. The van der Waals surface area contributed by atoms with E-state index < -0.39 is 0 Å². The van der Waals surface area contributed by atoms with Gasteiger partial charge in [0.1, 0.15) is 11.5 Å². The Bertz CT molecular complexity index is 827. The molecule has 0 amide bonds. The van der Waals surface area contributed by atoms with E-state index >= 15 is 0 Å². The zero-order chi connectivity index (χ0) is 19.8. The molecule has 27 heavy (non-hydrogen) atoms. The molecule has 6 nitrogen and oxygen atoms in total. The standard InChI is InChI=1S/C21H28N2O4/c1-12(2)22-13-6-5-7-15(24)19(13)16(25)9-8-14-20-17(26)10-21(3,4)11-18(20)27-23-14/h12,25H,5-11H2,1-4H3/b19-16-,22-13?. The molecule has 1 aromatic heterocycles. The molecular formula is C21H28N2O4. The highest BCUT2D eigenvalue weighted by Crippen LogP contribution is 2.36. The first kappa shape index (κ1) is 19.5. The highest BCUT2D eigenvalue weighted by molar-refractivity contribution is 6.24. The molecule has 1 fully saturated rings. The summed E-state index contributed by atoms with van der Waals surface area (Å²) in [5, 5.41) is 14.7. The number of aliphatic hydroxyl groups excluding tert-OH is 1. The summed E-state index contributed by atoms with van der Waals surface area (Å²) in [6.07, 6.45) is 3.65. The van der Waals surface area contributed by atoms with Crippen LogP contribution in [0.5, 0.6) is 0 Å². The number of hydrogen-bond acceptors (Lipinski definition) is 6. The van der Waals surface area contributed by atoms with Gasteiger partial charge in [0.15, 0.2) is 11.6 Å². The summed E-state index contributed by atoms with van der Waals surface area (Å²) in [7, 11) is 0. The van der Waals surface area contributed by atoms with Gasteiger partial charge < -0.3 is 9.63 Å². The zero-order valence-electron chi connectivity index (χ0n) is 16.6. The number of aliphatic hydroxyl groups is 1. The number of carbonyl (C=O) groups is 2. The van der Waals surface area contributed by atoms with Crippen LogP contribution in [-0.4, -0.2) is 33.6 Å². The minimum Gasteiger partial charge on any atom is -0.511 e. The van der Waals surface area contributed by atoms with Crippen LogP contribution in [0.3, 0.4) is 0 Å². The summed E-state index contributed by atoms with van der Waals surface area (Å²) in [4.78, 5) is 29.4. The topological polar surface area (TPSA) is 92.8 Å². The molecule has 0 spiro atoms. The molecule has 1 heterocycles. The summed E-state index contributed by atoms with van der Waals surface area (Å²) in [5.41, 5.74) is 2.07. The summed E-state index contributed by atoms with van der Waals surface area (Å²) in [5.74, 6) is 0.659. The van der Waals surface area contributed by atoms with Crippen LogP contribution >= 0.6 is 0 Å².